The summed E-state index contributed by atoms with van der Waals surface area (Å²) < 4.78 is 60.4. The Hall–Kier alpha value is -0.560. The molecule has 0 saturated heterocycles. The van der Waals surface area contributed by atoms with Crippen molar-refractivity contribution >= 4 is 25.8 Å². The Morgan fingerprint density at radius 1 is 1.28 bits per heavy atom. The Morgan fingerprint density at radius 3 is 2.33 bits per heavy atom. The fourth-order valence-electron chi connectivity index (χ4n) is 1.44. The van der Waals surface area contributed by atoms with Crippen molar-refractivity contribution in [3.63, 3.8) is 0 Å². The largest absolute Gasteiger partial charge is 0.501 e. The van der Waals surface area contributed by atoms with Gasteiger partial charge in [-0.05, 0) is 24.5 Å². The van der Waals surface area contributed by atoms with Crippen molar-refractivity contribution in [3.8, 4) is 0 Å². The molecule has 0 saturated carbocycles. The highest BCUT2D eigenvalue weighted by Gasteiger charge is 2.47. The van der Waals surface area contributed by atoms with Gasteiger partial charge in [0.25, 0.3) is 9.84 Å². The molecule has 0 aromatic heterocycles. The molecule has 0 aliphatic rings. The molecule has 0 bridgehead atoms. The quantitative estimate of drug-likeness (QED) is 0.780. The Labute approximate surface area is 112 Å². The van der Waals surface area contributed by atoms with Crippen LogP contribution in [0.2, 0.25) is 0 Å². The highest BCUT2D eigenvalue weighted by molar-refractivity contribution is 9.09. The first-order chi connectivity index (χ1) is 8.20. The summed E-state index contributed by atoms with van der Waals surface area (Å²) in [5.74, 6) is 0. The molecule has 0 aliphatic heterocycles. The van der Waals surface area contributed by atoms with Gasteiger partial charge >= 0.3 is 5.51 Å². The van der Waals surface area contributed by atoms with Crippen molar-refractivity contribution in [1.29, 1.82) is 0 Å². The third-order valence-electron chi connectivity index (χ3n) is 2.45. The summed E-state index contributed by atoms with van der Waals surface area (Å²) in [5.41, 5.74) is -5.09. The standard InChI is InChI=1S/C11H12BrF3O2S/c1-2-9(12)7-8-5-3-4-6-10(8)18(16,17)11(13,14)15/h3-6,9H,2,7H2,1H3. The van der Waals surface area contributed by atoms with Gasteiger partial charge in [-0.1, -0.05) is 41.1 Å². The third-order valence-corrected chi connectivity index (χ3v) is 5.01. The highest BCUT2D eigenvalue weighted by Crippen LogP contribution is 2.33. The lowest BCUT2D eigenvalue weighted by Gasteiger charge is -2.14. The summed E-state index contributed by atoms with van der Waals surface area (Å²) in [5, 5.41) is 0. The van der Waals surface area contributed by atoms with Crippen LogP contribution in [-0.2, 0) is 16.3 Å². The number of hydrogen-bond donors (Lipinski definition) is 0. The average Bonchev–Trinajstić information content (AvgIpc) is 2.28. The van der Waals surface area contributed by atoms with E-state index in [4.69, 9.17) is 0 Å². The molecule has 0 fully saturated rings. The van der Waals surface area contributed by atoms with E-state index in [1.807, 2.05) is 6.92 Å². The van der Waals surface area contributed by atoms with Gasteiger partial charge in [-0.3, -0.25) is 0 Å². The predicted octanol–water partition coefficient (Wildman–Crippen LogP) is 3.70. The molecule has 102 valence electrons. The Kier molecular flexibility index (Phi) is 4.83. The molecule has 18 heavy (non-hydrogen) atoms. The summed E-state index contributed by atoms with van der Waals surface area (Å²) in [6, 6.07) is 5.22. The molecule has 1 atom stereocenters. The summed E-state index contributed by atoms with van der Waals surface area (Å²) in [6.45, 7) is 1.86. The predicted molar refractivity (Wildman–Crippen MR) is 66.4 cm³/mol. The lowest BCUT2D eigenvalue weighted by molar-refractivity contribution is -0.0436. The van der Waals surface area contributed by atoms with E-state index in [2.05, 4.69) is 15.9 Å². The van der Waals surface area contributed by atoms with Crippen molar-refractivity contribution in [2.75, 3.05) is 0 Å². The first-order valence-corrected chi connectivity index (χ1v) is 7.63. The minimum absolute atomic E-state index is 0.0536. The summed E-state index contributed by atoms with van der Waals surface area (Å²) in [6.07, 6.45) is 0.933. The number of sulfone groups is 1. The van der Waals surface area contributed by atoms with Crippen LogP contribution in [0.4, 0.5) is 13.2 Å². The second-order valence-electron chi connectivity index (χ2n) is 3.77. The van der Waals surface area contributed by atoms with E-state index in [0.717, 1.165) is 6.07 Å². The van der Waals surface area contributed by atoms with E-state index in [-0.39, 0.29) is 16.8 Å². The molecule has 0 N–H and O–H groups in total. The number of benzene rings is 1. The average molecular weight is 345 g/mol. The van der Waals surface area contributed by atoms with Gasteiger partial charge in [-0.15, -0.1) is 0 Å². The molecule has 7 heteroatoms. The van der Waals surface area contributed by atoms with Gasteiger partial charge in [-0.2, -0.15) is 13.2 Å². The fourth-order valence-corrected chi connectivity index (χ4v) is 2.79. The first-order valence-electron chi connectivity index (χ1n) is 5.23. The highest BCUT2D eigenvalue weighted by atomic mass is 79.9. The van der Waals surface area contributed by atoms with Crippen molar-refractivity contribution in [2.45, 2.75) is 35.0 Å². The van der Waals surface area contributed by atoms with E-state index in [1.165, 1.54) is 18.2 Å². The molecule has 0 radical (unpaired) electrons. The van der Waals surface area contributed by atoms with Crippen LogP contribution in [0.3, 0.4) is 0 Å². The van der Waals surface area contributed by atoms with E-state index in [0.29, 0.717) is 6.42 Å². The van der Waals surface area contributed by atoms with Crippen LogP contribution in [0.25, 0.3) is 0 Å². The van der Waals surface area contributed by atoms with Gasteiger partial charge < -0.3 is 0 Å². The SMILES string of the molecule is CCC(Br)Cc1ccccc1S(=O)(=O)C(F)(F)F. The van der Waals surface area contributed by atoms with Gasteiger partial charge in [0.2, 0.25) is 0 Å². The number of alkyl halides is 4. The van der Waals surface area contributed by atoms with Crippen LogP contribution in [0.15, 0.2) is 29.2 Å². The molecule has 0 amide bonds. The van der Waals surface area contributed by atoms with E-state index in [9.17, 15) is 21.6 Å². The van der Waals surface area contributed by atoms with Crippen LogP contribution in [-0.4, -0.2) is 18.8 Å². The van der Waals surface area contributed by atoms with Gasteiger partial charge in [-0.25, -0.2) is 8.42 Å². The van der Waals surface area contributed by atoms with Crippen LogP contribution in [0.5, 0.6) is 0 Å². The fraction of sp³-hybridized carbons (Fsp3) is 0.455. The monoisotopic (exact) mass is 344 g/mol. The van der Waals surface area contributed by atoms with Crippen molar-refractivity contribution in [3.05, 3.63) is 29.8 Å². The summed E-state index contributed by atoms with van der Waals surface area (Å²) in [7, 11) is -5.28. The number of halogens is 4. The zero-order valence-corrected chi connectivity index (χ0v) is 11.9. The van der Waals surface area contributed by atoms with Gasteiger partial charge in [0.1, 0.15) is 0 Å². The molecule has 1 unspecified atom stereocenters. The lowest BCUT2D eigenvalue weighted by Crippen LogP contribution is -2.24. The maximum absolute atomic E-state index is 12.5. The smallest absolute Gasteiger partial charge is 0.214 e. The first kappa shape index (κ1) is 15.5. The minimum atomic E-state index is -5.28. The van der Waals surface area contributed by atoms with E-state index >= 15 is 0 Å². The maximum Gasteiger partial charge on any atom is 0.501 e. The van der Waals surface area contributed by atoms with Gasteiger partial charge in [0.15, 0.2) is 0 Å². The Balaban J connectivity index is 3.26. The molecule has 1 rings (SSSR count). The molecule has 0 heterocycles. The minimum Gasteiger partial charge on any atom is -0.214 e. The molecule has 0 aliphatic carbocycles. The van der Waals surface area contributed by atoms with Crippen LogP contribution in [0, 0.1) is 0 Å². The second-order valence-corrected chi connectivity index (χ2v) is 6.97. The molecule has 2 nitrogen and oxygen atoms in total. The maximum atomic E-state index is 12.5. The second kappa shape index (κ2) is 5.61. The van der Waals surface area contributed by atoms with Crippen molar-refractivity contribution < 1.29 is 21.6 Å². The van der Waals surface area contributed by atoms with Crippen LogP contribution in [0.1, 0.15) is 18.9 Å². The number of hydrogen-bond acceptors (Lipinski definition) is 2. The van der Waals surface area contributed by atoms with Crippen molar-refractivity contribution in [1.82, 2.24) is 0 Å². The lowest BCUT2D eigenvalue weighted by atomic mass is 10.1. The zero-order chi connectivity index (χ0) is 14.0. The summed E-state index contributed by atoms with van der Waals surface area (Å²) >= 11 is 3.29. The van der Waals surface area contributed by atoms with Crippen LogP contribution < -0.4 is 0 Å². The van der Waals surface area contributed by atoms with E-state index in [1.54, 1.807) is 0 Å². The van der Waals surface area contributed by atoms with Gasteiger partial charge in [0, 0.05) is 4.83 Å². The topological polar surface area (TPSA) is 34.1 Å². The molecule has 1 aromatic carbocycles. The van der Waals surface area contributed by atoms with Crippen LogP contribution >= 0.6 is 15.9 Å². The van der Waals surface area contributed by atoms with Gasteiger partial charge in [0.05, 0.1) is 4.90 Å². The third kappa shape index (κ3) is 3.26. The summed E-state index contributed by atoms with van der Waals surface area (Å²) in [4.78, 5) is -0.711. The molecular formula is C11H12BrF3O2S. The molecular weight excluding hydrogens is 333 g/mol. The number of rotatable bonds is 4. The Morgan fingerprint density at radius 2 is 1.83 bits per heavy atom. The Bertz CT molecular complexity index is 511. The normalized spacial score (nSPS) is 14.5. The molecule has 1 aromatic rings. The molecule has 0 spiro atoms. The van der Waals surface area contributed by atoms with Crippen molar-refractivity contribution in [2.24, 2.45) is 0 Å². The zero-order valence-electron chi connectivity index (χ0n) is 9.54. The van der Waals surface area contributed by atoms with E-state index < -0.39 is 20.2 Å².